The van der Waals surface area contributed by atoms with Crippen molar-refractivity contribution in [2.45, 2.75) is 26.2 Å². The van der Waals surface area contributed by atoms with Crippen LogP contribution >= 0.6 is 0 Å². The van der Waals surface area contributed by atoms with E-state index in [-0.39, 0.29) is 0 Å². The highest BCUT2D eigenvalue weighted by atomic mass is 16.2. The van der Waals surface area contributed by atoms with Crippen molar-refractivity contribution in [3.05, 3.63) is 0 Å². The average molecular weight is 141 g/mol. The molecule has 0 saturated carbocycles. The van der Waals surface area contributed by atoms with Gasteiger partial charge in [0.15, 0.2) is 0 Å². The fraction of sp³-hybridized carbons (Fsp3) is 0.875. The van der Waals surface area contributed by atoms with Gasteiger partial charge in [0.25, 0.3) is 0 Å². The van der Waals surface area contributed by atoms with Gasteiger partial charge in [0.1, 0.15) is 0 Å². The van der Waals surface area contributed by atoms with Crippen molar-refractivity contribution in [3.63, 3.8) is 0 Å². The number of hydrogen-bond acceptors (Lipinski definition) is 1. The maximum atomic E-state index is 11.1. The quantitative estimate of drug-likeness (QED) is 0.538. The molecular formula is C8H15NO. The predicted octanol–water partition coefficient (Wildman–Crippen LogP) is 1.26. The minimum absolute atomic E-state index is 0.318. The predicted molar refractivity (Wildman–Crippen MR) is 40.7 cm³/mol. The van der Waals surface area contributed by atoms with Crippen LogP contribution in [-0.4, -0.2) is 24.4 Å². The van der Waals surface area contributed by atoms with Gasteiger partial charge in [-0.3, -0.25) is 4.79 Å². The van der Waals surface area contributed by atoms with Gasteiger partial charge >= 0.3 is 0 Å². The molecule has 1 amide bonds. The van der Waals surface area contributed by atoms with E-state index in [2.05, 4.69) is 6.92 Å². The van der Waals surface area contributed by atoms with E-state index in [1.807, 2.05) is 11.9 Å². The third-order valence-corrected chi connectivity index (χ3v) is 2.34. The highest BCUT2D eigenvalue weighted by Crippen LogP contribution is 2.19. The van der Waals surface area contributed by atoms with Crippen molar-refractivity contribution in [1.82, 2.24) is 4.90 Å². The number of amides is 1. The molecule has 58 valence electrons. The summed E-state index contributed by atoms with van der Waals surface area (Å²) in [5, 5.41) is 0. The normalized spacial score (nSPS) is 27.2. The zero-order chi connectivity index (χ0) is 7.56. The van der Waals surface area contributed by atoms with Crippen molar-refractivity contribution < 1.29 is 4.79 Å². The lowest BCUT2D eigenvalue weighted by atomic mass is 9.94. The summed E-state index contributed by atoms with van der Waals surface area (Å²) in [5.74, 6) is 0.974. The summed E-state index contributed by atoms with van der Waals surface area (Å²) < 4.78 is 0. The fourth-order valence-electron chi connectivity index (χ4n) is 1.35. The summed E-state index contributed by atoms with van der Waals surface area (Å²) in [6.07, 6.45) is 3.12. The largest absolute Gasteiger partial charge is 0.346 e. The van der Waals surface area contributed by atoms with Gasteiger partial charge in [0, 0.05) is 20.0 Å². The molecular weight excluding hydrogens is 126 g/mol. The molecule has 1 atom stereocenters. The Kier molecular flexibility index (Phi) is 2.30. The molecule has 0 N–H and O–H groups in total. The standard InChI is InChI=1S/C8H15NO/c1-3-7-4-5-9(2)8(10)6-7/h7H,3-6H2,1-2H3. The highest BCUT2D eigenvalue weighted by Gasteiger charge is 2.21. The van der Waals surface area contributed by atoms with Crippen molar-refractivity contribution in [2.24, 2.45) is 5.92 Å². The van der Waals surface area contributed by atoms with Gasteiger partial charge in [-0.25, -0.2) is 0 Å². The molecule has 0 aliphatic carbocycles. The SMILES string of the molecule is CCC1CCN(C)C(=O)C1. The lowest BCUT2D eigenvalue weighted by Crippen LogP contribution is -2.35. The zero-order valence-corrected chi connectivity index (χ0v) is 6.76. The summed E-state index contributed by atoms with van der Waals surface area (Å²) in [6, 6.07) is 0. The van der Waals surface area contributed by atoms with Crippen LogP contribution in [0, 0.1) is 5.92 Å². The first-order valence-electron chi connectivity index (χ1n) is 3.98. The summed E-state index contributed by atoms with van der Waals surface area (Å²) >= 11 is 0. The first-order chi connectivity index (χ1) is 4.74. The minimum atomic E-state index is 0.318. The van der Waals surface area contributed by atoms with Crippen molar-refractivity contribution >= 4 is 5.91 Å². The van der Waals surface area contributed by atoms with Crippen LogP contribution in [0.3, 0.4) is 0 Å². The Morgan fingerprint density at radius 2 is 2.40 bits per heavy atom. The lowest BCUT2D eigenvalue weighted by Gasteiger charge is -2.27. The number of likely N-dealkylation sites (tertiary alicyclic amines) is 1. The Labute approximate surface area is 62.2 Å². The zero-order valence-electron chi connectivity index (χ0n) is 6.76. The van der Waals surface area contributed by atoms with Gasteiger partial charge in [-0.1, -0.05) is 13.3 Å². The molecule has 2 heteroatoms. The Hall–Kier alpha value is -0.530. The van der Waals surface area contributed by atoms with Gasteiger partial charge in [-0.2, -0.15) is 0 Å². The van der Waals surface area contributed by atoms with Crippen LogP contribution in [0.15, 0.2) is 0 Å². The van der Waals surface area contributed by atoms with Gasteiger partial charge in [0.2, 0.25) is 5.91 Å². The maximum absolute atomic E-state index is 11.1. The molecule has 0 radical (unpaired) electrons. The number of hydrogen-bond donors (Lipinski definition) is 0. The smallest absolute Gasteiger partial charge is 0.222 e. The first-order valence-corrected chi connectivity index (χ1v) is 3.98. The monoisotopic (exact) mass is 141 g/mol. The highest BCUT2D eigenvalue weighted by molar-refractivity contribution is 5.76. The van der Waals surface area contributed by atoms with Gasteiger partial charge in [-0.05, 0) is 12.3 Å². The van der Waals surface area contributed by atoms with Crippen LogP contribution in [0.2, 0.25) is 0 Å². The summed E-state index contributed by atoms with van der Waals surface area (Å²) in [7, 11) is 1.88. The molecule has 10 heavy (non-hydrogen) atoms. The summed E-state index contributed by atoms with van der Waals surface area (Å²) in [4.78, 5) is 12.9. The maximum Gasteiger partial charge on any atom is 0.222 e. The molecule has 0 spiro atoms. The van der Waals surface area contributed by atoms with Gasteiger partial charge in [-0.15, -0.1) is 0 Å². The molecule has 1 rings (SSSR count). The third kappa shape index (κ3) is 1.49. The van der Waals surface area contributed by atoms with Crippen LogP contribution in [0.25, 0.3) is 0 Å². The van der Waals surface area contributed by atoms with Crippen LogP contribution in [-0.2, 0) is 4.79 Å². The van der Waals surface area contributed by atoms with Crippen LogP contribution < -0.4 is 0 Å². The van der Waals surface area contributed by atoms with E-state index in [0.717, 1.165) is 19.4 Å². The van der Waals surface area contributed by atoms with E-state index in [1.165, 1.54) is 6.42 Å². The van der Waals surface area contributed by atoms with E-state index in [0.29, 0.717) is 11.8 Å². The molecule has 1 unspecified atom stereocenters. The van der Waals surface area contributed by atoms with E-state index < -0.39 is 0 Å². The number of carbonyl (C=O) groups excluding carboxylic acids is 1. The number of piperidine rings is 1. The van der Waals surface area contributed by atoms with Crippen LogP contribution in [0.4, 0.5) is 0 Å². The van der Waals surface area contributed by atoms with Gasteiger partial charge in [0.05, 0.1) is 0 Å². The molecule has 1 saturated heterocycles. The summed E-state index contributed by atoms with van der Waals surface area (Å²) in [5.41, 5.74) is 0. The minimum Gasteiger partial charge on any atom is -0.346 e. The Bertz CT molecular complexity index is 133. The molecule has 0 bridgehead atoms. The van der Waals surface area contributed by atoms with E-state index in [9.17, 15) is 4.79 Å². The van der Waals surface area contributed by atoms with Crippen molar-refractivity contribution in [2.75, 3.05) is 13.6 Å². The fourth-order valence-corrected chi connectivity index (χ4v) is 1.35. The first kappa shape index (κ1) is 7.58. The second-order valence-corrected chi connectivity index (χ2v) is 3.08. The van der Waals surface area contributed by atoms with Crippen LogP contribution in [0.1, 0.15) is 26.2 Å². The second kappa shape index (κ2) is 3.04. The summed E-state index contributed by atoms with van der Waals surface area (Å²) in [6.45, 7) is 3.11. The molecule has 1 heterocycles. The van der Waals surface area contributed by atoms with Crippen molar-refractivity contribution in [1.29, 1.82) is 0 Å². The molecule has 0 aromatic heterocycles. The molecule has 1 aliphatic heterocycles. The molecule has 0 aromatic rings. The van der Waals surface area contributed by atoms with Gasteiger partial charge < -0.3 is 4.90 Å². The number of nitrogens with zero attached hydrogens (tertiary/aromatic N) is 1. The Morgan fingerprint density at radius 3 is 2.90 bits per heavy atom. The molecule has 2 nitrogen and oxygen atoms in total. The topological polar surface area (TPSA) is 20.3 Å². The lowest BCUT2D eigenvalue weighted by molar-refractivity contribution is -0.133. The molecule has 1 aliphatic rings. The second-order valence-electron chi connectivity index (χ2n) is 3.08. The van der Waals surface area contributed by atoms with E-state index in [1.54, 1.807) is 0 Å². The Morgan fingerprint density at radius 1 is 1.70 bits per heavy atom. The van der Waals surface area contributed by atoms with E-state index >= 15 is 0 Å². The van der Waals surface area contributed by atoms with Crippen LogP contribution in [0.5, 0.6) is 0 Å². The Balaban J connectivity index is 2.41. The third-order valence-electron chi connectivity index (χ3n) is 2.34. The van der Waals surface area contributed by atoms with Crippen molar-refractivity contribution in [3.8, 4) is 0 Å². The molecule has 1 fully saturated rings. The molecule has 0 aromatic carbocycles. The average Bonchev–Trinajstić information content (AvgIpc) is 1.95. The number of carbonyl (C=O) groups is 1. The number of rotatable bonds is 1. The van der Waals surface area contributed by atoms with E-state index in [4.69, 9.17) is 0 Å².